The quantitative estimate of drug-likeness (QED) is 0.517. The molecule has 32 heavy (non-hydrogen) atoms. The molecule has 0 aromatic heterocycles. The number of amidine groups is 1. The van der Waals surface area contributed by atoms with Gasteiger partial charge in [0.2, 0.25) is 5.78 Å². The summed E-state index contributed by atoms with van der Waals surface area (Å²) in [5.74, 6) is -4.98. The number of hydrogen-bond donors (Lipinski definition) is 1. The molecule has 1 saturated heterocycles. The molecule has 0 saturated carbocycles. The molecule has 3 rings (SSSR count). The molecule has 1 aromatic carbocycles. The highest BCUT2D eigenvalue weighted by Crippen LogP contribution is 2.25. The van der Waals surface area contributed by atoms with Gasteiger partial charge in [0.15, 0.2) is 6.04 Å². The molecule has 3 amide bonds. The van der Waals surface area contributed by atoms with Crippen LogP contribution in [0.15, 0.2) is 23.2 Å². The predicted octanol–water partition coefficient (Wildman–Crippen LogP) is 0.900. The van der Waals surface area contributed by atoms with Crippen LogP contribution < -0.4 is 5.32 Å². The first kappa shape index (κ1) is 23.6. The van der Waals surface area contributed by atoms with Crippen LogP contribution in [0.25, 0.3) is 0 Å². The minimum Gasteiger partial charge on any atom is -0.350 e. The predicted molar refractivity (Wildman–Crippen MR) is 117 cm³/mol. The van der Waals surface area contributed by atoms with Gasteiger partial charge in [-0.15, -0.1) is 0 Å². The summed E-state index contributed by atoms with van der Waals surface area (Å²) in [6.07, 6.45) is 1.45. The third-order valence-corrected chi connectivity index (χ3v) is 5.97. The number of nitrogens with one attached hydrogen (secondary N) is 1. The molecule has 170 valence electrons. The van der Waals surface area contributed by atoms with E-state index in [1.807, 2.05) is 6.92 Å². The standard InChI is InChI=1S/C22H25ClN4O5/c1-12-7-8-13(10-15(12)23)11-24-20(30)16-18(29)22(32)27-9-5-4-6-14(19(27)25-16)17(28)21(31)26(2)3/h7-8,10,14,16H,4-6,9,11H2,1-3H3,(H,24,30). The maximum Gasteiger partial charge on any atom is 0.298 e. The fourth-order valence-electron chi connectivity index (χ4n) is 3.68. The van der Waals surface area contributed by atoms with Crippen molar-refractivity contribution in [3.05, 3.63) is 34.3 Å². The molecule has 1 fully saturated rings. The van der Waals surface area contributed by atoms with Crippen molar-refractivity contribution in [3.8, 4) is 0 Å². The SMILES string of the molecule is Cc1ccc(CNC(=O)C2N=C3C(C(=O)C(=O)N(C)C)CCCCN3C(=O)C2=O)cc1Cl. The first-order valence-corrected chi connectivity index (χ1v) is 10.7. The number of benzene rings is 1. The summed E-state index contributed by atoms with van der Waals surface area (Å²) < 4.78 is 0. The Morgan fingerprint density at radius 1 is 1.22 bits per heavy atom. The van der Waals surface area contributed by atoms with Crippen molar-refractivity contribution in [1.82, 2.24) is 15.1 Å². The minimum absolute atomic E-state index is 0.0193. The number of aryl methyl sites for hydroxylation is 1. The van der Waals surface area contributed by atoms with Gasteiger partial charge in [-0.3, -0.25) is 28.9 Å². The number of ketones is 2. The summed E-state index contributed by atoms with van der Waals surface area (Å²) in [5, 5.41) is 3.15. The Hall–Kier alpha value is -3.07. The van der Waals surface area contributed by atoms with Gasteiger partial charge in [0.05, 0.1) is 5.92 Å². The topological polar surface area (TPSA) is 116 Å². The molecule has 2 atom stereocenters. The van der Waals surface area contributed by atoms with E-state index in [0.717, 1.165) is 20.9 Å². The van der Waals surface area contributed by atoms with Gasteiger partial charge in [0.25, 0.3) is 23.5 Å². The Labute approximate surface area is 190 Å². The van der Waals surface area contributed by atoms with Gasteiger partial charge in [-0.25, -0.2) is 4.99 Å². The van der Waals surface area contributed by atoms with Crippen molar-refractivity contribution in [2.24, 2.45) is 10.9 Å². The number of likely N-dealkylation sites (N-methyl/N-ethyl adjacent to an activating group) is 1. The van der Waals surface area contributed by atoms with Crippen molar-refractivity contribution in [2.75, 3.05) is 20.6 Å². The molecule has 1 aromatic rings. The summed E-state index contributed by atoms with van der Waals surface area (Å²) in [5.41, 5.74) is 1.61. The Morgan fingerprint density at radius 3 is 2.59 bits per heavy atom. The number of halogens is 1. The lowest BCUT2D eigenvalue weighted by Crippen LogP contribution is -2.56. The van der Waals surface area contributed by atoms with Crippen LogP contribution in [0, 0.1) is 12.8 Å². The van der Waals surface area contributed by atoms with Crippen LogP contribution in [0.4, 0.5) is 0 Å². The molecular formula is C22H25ClN4O5. The number of fused-ring (bicyclic) bond motifs is 1. The van der Waals surface area contributed by atoms with Gasteiger partial charge in [0.1, 0.15) is 5.84 Å². The Bertz CT molecular complexity index is 1020. The molecule has 0 bridgehead atoms. The second-order valence-electron chi connectivity index (χ2n) is 8.12. The summed E-state index contributed by atoms with van der Waals surface area (Å²) in [6, 6.07) is 3.69. The normalized spacial score (nSPS) is 20.8. The van der Waals surface area contributed by atoms with Crippen LogP contribution in [0.1, 0.15) is 30.4 Å². The van der Waals surface area contributed by atoms with Crippen LogP contribution in [0.2, 0.25) is 5.02 Å². The highest BCUT2D eigenvalue weighted by molar-refractivity contribution is 6.48. The van der Waals surface area contributed by atoms with Gasteiger partial charge >= 0.3 is 0 Å². The van der Waals surface area contributed by atoms with E-state index in [2.05, 4.69) is 10.3 Å². The van der Waals surface area contributed by atoms with E-state index < -0.39 is 41.2 Å². The highest BCUT2D eigenvalue weighted by atomic mass is 35.5. The Balaban J connectivity index is 1.86. The number of nitrogens with zero attached hydrogens (tertiary/aromatic N) is 3. The van der Waals surface area contributed by atoms with E-state index in [1.165, 1.54) is 14.1 Å². The van der Waals surface area contributed by atoms with Crippen LogP contribution in [0.5, 0.6) is 0 Å². The molecule has 0 radical (unpaired) electrons. The summed E-state index contributed by atoms with van der Waals surface area (Å²) in [6.45, 7) is 2.15. The summed E-state index contributed by atoms with van der Waals surface area (Å²) >= 11 is 6.10. The van der Waals surface area contributed by atoms with Crippen molar-refractivity contribution >= 4 is 46.7 Å². The maximum atomic E-state index is 12.8. The molecule has 0 aliphatic carbocycles. The third kappa shape index (κ3) is 4.72. The largest absolute Gasteiger partial charge is 0.350 e. The van der Waals surface area contributed by atoms with Crippen molar-refractivity contribution < 1.29 is 24.0 Å². The molecule has 10 heteroatoms. The fourth-order valence-corrected chi connectivity index (χ4v) is 3.89. The number of amides is 3. The second kappa shape index (κ2) is 9.60. The monoisotopic (exact) mass is 460 g/mol. The first-order valence-electron chi connectivity index (χ1n) is 10.3. The van der Waals surface area contributed by atoms with E-state index >= 15 is 0 Å². The molecule has 1 N–H and O–H groups in total. The zero-order valence-corrected chi connectivity index (χ0v) is 18.9. The molecule has 2 aliphatic rings. The molecule has 2 aliphatic heterocycles. The maximum absolute atomic E-state index is 12.8. The first-order chi connectivity index (χ1) is 15.1. The number of rotatable bonds is 5. The van der Waals surface area contributed by atoms with E-state index in [0.29, 0.717) is 24.3 Å². The van der Waals surface area contributed by atoms with Crippen molar-refractivity contribution in [3.63, 3.8) is 0 Å². The second-order valence-corrected chi connectivity index (χ2v) is 8.53. The van der Waals surface area contributed by atoms with Gasteiger partial charge in [0, 0.05) is 32.2 Å². The number of hydrogen-bond acceptors (Lipinski definition) is 6. The average molecular weight is 461 g/mol. The fraction of sp³-hybridized carbons (Fsp3) is 0.455. The molecule has 0 spiro atoms. The average Bonchev–Trinajstić information content (AvgIpc) is 2.98. The lowest BCUT2D eigenvalue weighted by atomic mass is 9.94. The molecule has 2 heterocycles. The van der Waals surface area contributed by atoms with Gasteiger partial charge < -0.3 is 10.2 Å². The number of carbonyl (C=O) groups is 5. The lowest BCUT2D eigenvalue weighted by Gasteiger charge is -2.31. The Kier molecular flexibility index (Phi) is 7.08. The van der Waals surface area contributed by atoms with E-state index in [4.69, 9.17) is 11.6 Å². The van der Waals surface area contributed by atoms with Crippen LogP contribution >= 0.6 is 11.6 Å². The van der Waals surface area contributed by atoms with E-state index in [9.17, 15) is 24.0 Å². The van der Waals surface area contributed by atoms with Crippen molar-refractivity contribution in [1.29, 1.82) is 0 Å². The van der Waals surface area contributed by atoms with Crippen LogP contribution in [0.3, 0.4) is 0 Å². The van der Waals surface area contributed by atoms with Crippen molar-refractivity contribution in [2.45, 2.75) is 38.8 Å². The van der Waals surface area contributed by atoms with E-state index in [-0.39, 0.29) is 18.9 Å². The smallest absolute Gasteiger partial charge is 0.298 e. The summed E-state index contributed by atoms with van der Waals surface area (Å²) in [7, 11) is 2.92. The van der Waals surface area contributed by atoms with Gasteiger partial charge in [-0.1, -0.05) is 30.2 Å². The zero-order valence-electron chi connectivity index (χ0n) is 18.2. The highest BCUT2D eigenvalue weighted by Gasteiger charge is 2.46. The molecule has 2 unspecified atom stereocenters. The Morgan fingerprint density at radius 2 is 1.94 bits per heavy atom. The lowest BCUT2D eigenvalue weighted by molar-refractivity contribution is -0.146. The number of aliphatic imine (C=N–C) groups is 1. The number of carbonyl (C=O) groups excluding carboxylic acids is 5. The number of Topliss-reactive ketones (excluding diaryl/α,β-unsaturated/α-hetero) is 2. The summed E-state index contributed by atoms with van der Waals surface area (Å²) in [4.78, 5) is 69.7. The van der Waals surface area contributed by atoms with Gasteiger partial charge in [-0.05, 0) is 37.0 Å². The van der Waals surface area contributed by atoms with Crippen LogP contribution in [-0.2, 0) is 30.5 Å². The third-order valence-electron chi connectivity index (χ3n) is 5.56. The molecular weight excluding hydrogens is 436 g/mol. The molecule has 9 nitrogen and oxygen atoms in total. The minimum atomic E-state index is -1.60. The van der Waals surface area contributed by atoms with Gasteiger partial charge in [-0.2, -0.15) is 0 Å². The zero-order chi connectivity index (χ0) is 23.6. The van der Waals surface area contributed by atoms with E-state index in [1.54, 1.807) is 18.2 Å². The van der Waals surface area contributed by atoms with Crippen LogP contribution in [-0.4, -0.2) is 71.6 Å².